The van der Waals surface area contributed by atoms with Crippen molar-refractivity contribution in [2.45, 2.75) is 36.9 Å². The van der Waals surface area contributed by atoms with Crippen LogP contribution in [-0.2, 0) is 22.4 Å². The van der Waals surface area contributed by atoms with Gasteiger partial charge < -0.3 is 14.9 Å². The van der Waals surface area contributed by atoms with E-state index in [0.717, 1.165) is 11.1 Å². The van der Waals surface area contributed by atoms with Gasteiger partial charge in [0.15, 0.2) is 0 Å². The first kappa shape index (κ1) is 20.2. The summed E-state index contributed by atoms with van der Waals surface area (Å²) in [6.07, 6.45) is 1.12. The third-order valence-corrected chi connectivity index (χ3v) is 6.99. The van der Waals surface area contributed by atoms with Crippen LogP contribution in [0.1, 0.15) is 17.5 Å². The van der Waals surface area contributed by atoms with Gasteiger partial charge in [0.25, 0.3) is 0 Å². The summed E-state index contributed by atoms with van der Waals surface area (Å²) in [5, 5.41) is 10.3. The molecule has 1 spiro atoms. The minimum atomic E-state index is -0.361. The summed E-state index contributed by atoms with van der Waals surface area (Å²) >= 11 is 0. The first-order valence-electron chi connectivity index (χ1n) is 11.1. The number of carbonyl (C=O) groups excluding carboxylic acids is 2. The lowest BCUT2D eigenvalue weighted by Gasteiger charge is -2.60. The van der Waals surface area contributed by atoms with Gasteiger partial charge in [0.1, 0.15) is 0 Å². The maximum Gasteiger partial charge on any atom is 0.227 e. The second kappa shape index (κ2) is 8.09. The highest BCUT2D eigenvalue weighted by molar-refractivity contribution is 5.81. The lowest BCUT2D eigenvalue weighted by Crippen LogP contribution is -2.79. The molecule has 3 aliphatic heterocycles. The Kier molecular flexibility index (Phi) is 5.28. The van der Waals surface area contributed by atoms with Crippen LogP contribution >= 0.6 is 0 Å². The molecule has 31 heavy (non-hydrogen) atoms. The van der Waals surface area contributed by atoms with Gasteiger partial charge in [0.2, 0.25) is 11.8 Å². The van der Waals surface area contributed by atoms with Crippen molar-refractivity contribution in [2.24, 2.45) is 0 Å². The molecule has 0 saturated carbocycles. The molecule has 162 valence electrons. The summed E-state index contributed by atoms with van der Waals surface area (Å²) < 4.78 is 0. The third-order valence-electron chi connectivity index (χ3n) is 6.99. The Morgan fingerprint density at radius 1 is 0.806 bits per heavy atom. The highest BCUT2D eigenvalue weighted by Gasteiger charge is 2.57. The molecule has 3 heterocycles. The van der Waals surface area contributed by atoms with Crippen LogP contribution < -0.4 is 0 Å². The molecule has 0 aromatic heterocycles. The SMILES string of the molecule is O=C(Cc1ccccc1)N1C[C@@H]2C[C@@H](O)CN2C2(C1)CN(C(=O)Cc1ccccc1)C2. The molecule has 3 saturated heterocycles. The maximum absolute atomic E-state index is 13.1. The van der Waals surface area contributed by atoms with Crippen LogP contribution in [-0.4, -0.2) is 82.0 Å². The van der Waals surface area contributed by atoms with E-state index in [9.17, 15) is 14.7 Å². The fraction of sp³-hybridized carbons (Fsp3) is 0.440. The molecular formula is C25H29N3O3. The van der Waals surface area contributed by atoms with Crippen molar-refractivity contribution >= 4 is 11.8 Å². The molecule has 2 atom stereocenters. The van der Waals surface area contributed by atoms with Crippen molar-refractivity contribution in [3.63, 3.8) is 0 Å². The standard InChI is InChI=1S/C25H29N3O3/c29-22-13-21-14-26(23(30)11-19-7-3-1-4-8-19)16-25(28(21)15-22)17-27(18-25)24(31)12-20-9-5-2-6-10-20/h1-10,21-22,29H,11-18H2/t21-,22+/m0/s1. The summed E-state index contributed by atoms with van der Waals surface area (Å²) in [6, 6.07) is 19.8. The molecule has 6 nitrogen and oxygen atoms in total. The van der Waals surface area contributed by atoms with E-state index in [4.69, 9.17) is 0 Å². The zero-order valence-electron chi connectivity index (χ0n) is 17.7. The molecule has 1 N–H and O–H groups in total. The number of aliphatic hydroxyl groups excluding tert-OH is 1. The molecule has 2 aromatic carbocycles. The molecule has 0 radical (unpaired) electrons. The van der Waals surface area contributed by atoms with Crippen LogP contribution in [0.25, 0.3) is 0 Å². The zero-order chi connectivity index (χ0) is 21.4. The molecule has 2 aromatic rings. The second-order valence-corrected chi connectivity index (χ2v) is 9.27. The molecule has 3 fully saturated rings. The number of β-amino-alcohol motifs (C(OH)–C–C–N with tert-alkyl or cyclic N) is 1. The topological polar surface area (TPSA) is 64.1 Å². The first-order chi connectivity index (χ1) is 15.0. The number of amides is 2. The normalized spacial score (nSPS) is 24.7. The monoisotopic (exact) mass is 419 g/mol. The van der Waals surface area contributed by atoms with E-state index in [0.29, 0.717) is 52.0 Å². The number of hydrogen-bond donors (Lipinski definition) is 1. The number of benzene rings is 2. The van der Waals surface area contributed by atoms with E-state index in [-0.39, 0.29) is 29.5 Å². The molecule has 5 rings (SSSR count). The smallest absolute Gasteiger partial charge is 0.227 e. The van der Waals surface area contributed by atoms with Crippen LogP contribution in [0, 0.1) is 0 Å². The van der Waals surface area contributed by atoms with Gasteiger partial charge in [-0.05, 0) is 17.5 Å². The van der Waals surface area contributed by atoms with E-state index in [1.165, 1.54) is 0 Å². The van der Waals surface area contributed by atoms with Gasteiger partial charge in [-0.3, -0.25) is 14.5 Å². The predicted molar refractivity (Wildman–Crippen MR) is 117 cm³/mol. The highest BCUT2D eigenvalue weighted by atomic mass is 16.3. The van der Waals surface area contributed by atoms with Gasteiger partial charge in [0.05, 0.1) is 24.5 Å². The average Bonchev–Trinajstić information content (AvgIpc) is 3.13. The summed E-state index contributed by atoms with van der Waals surface area (Å²) in [5.41, 5.74) is 1.80. The van der Waals surface area contributed by atoms with Crippen LogP contribution in [0.2, 0.25) is 0 Å². The van der Waals surface area contributed by atoms with E-state index in [1.807, 2.05) is 70.5 Å². The van der Waals surface area contributed by atoms with Gasteiger partial charge in [-0.2, -0.15) is 0 Å². The highest BCUT2D eigenvalue weighted by Crippen LogP contribution is 2.39. The minimum Gasteiger partial charge on any atom is -0.392 e. The number of piperazine rings is 1. The summed E-state index contributed by atoms with van der Waals surface area (Å²) in [4.78, 5) is 32.1. The Bertz CT molecular complexity index is 943. The van der Waals surface area contributed by atoms with Crippen LogP contribution in [0.4, 0.5) is 0 Å². The minimum absolute atomic E-state index is 0.126. The maximum atomic E-state index is 13.1. The number of rotatable bonds is 4. The molecular weight excluding hydrogens is 390 g/mol. The Balaban J connectivity index is 1.28. The van der Waals surface area contributed by atoms with Crippen molar-refractivity contribution in [3.05, 3.63) is 71.8 Å². The van der Waals surface area contributed by atoms with Gasteiger partial charge >= 0.3 is 0 Å². The fourth-order valence-corrected chi connectivity index (χ4v) is 5.49. The lowest BCUT2D eigenvalue weighted by atomic mass is 9.83. The average molecular weight is 420 g/mol. The number of carbonyl (C=O) groups is 2. The van der Waals surface area contributed by atoms with Gasteiger partial charge in [-0.15, -0.1) is 0 Å². The van der Waals surface area contributed by atoms with Crippen LogP contribution in [0.15, 0.2) is 60.7 Å². The molecule has 0 bridgehead atoms. The summed E-state index contributed by atoms with van der Waals surface area (Å²) in [6.45, 7) is 3.15. The first-order valence-corrected chi connectivity index (χ1v) is 11.1. The Hall–Kier alpha value is -2.70. The molecule has 0 unspecified atom stereocenters. The third kappa shape index (κ3) is 3.98. The molecule has 3 aliphatic rings. The van der Waals surface area contributed by atoms with Crippen molar-refractivity contribution in [1.29, 1.82) is 0 Å². The van der Waals surface area contributed by atoms with Crippen molar-refractivity contribution in [1.82, 2.24) is 14.7 Å². The largest absolute Gasteiger partial charge is 0.392 e. The summed E-state index contributed by atoms with van der Waals surface area (Å²) in [5.74, 6) is 0.251. The molecule has 6 heteroatoms. The van der Waals surface area contributed by atoms with Gasteiger partial charge in [-0.1, -0.05) is 60.7 Å². The quantitative estimate of drug-likeness (QED) is 0.812. The number of aliphatic hydroxyl groups is 1. The predicted octanol–water partition coefficient (Wildman–Crippen LogP) is 1.33. The Morgan fingerprint density at radius 3 is 1.90 bits per heavy atom. The van der Waals surface area contributed by atoms with Crippen LogP contribution in [0.5, 0.6) is 0 Å². The van der Waals surface area contributed by atoms with Crippen molar-refractivity contribution in [2.75, 3.05) is 32.7 Å². The molecule has 0 aliphatic carbocycles. The lowest BCUT2D eigenvalue weighted by molar-refractivity contribution is -0.161. The van der Waals surface area contributed by atoms with Gasteiger partial charge in [-0.25, -0.2) is 0 Å². The number of nitrogens with zero attached hydrogens (tertiary/aromatic N) is 3. The molecule has 2 amide bonds. The zero-order valence-corrected chi connectivity index (χ0v) is 17.7. The van der Waals surface area contributed by atoms with E-state index < -0.39 is 0 Å². The fourth-order valence-electron chi connectivity index (χ4n) is 5.49. The van der Waals surface area contributed by atoms with Gasteiger partial charge in [0, 0.05) is 38.8 Å². The summed E-state index contributed by atoms with van der Waals surface area (Å²) in [7, 11) is 0. The number of hydrogen-bond acceptors (Lipinski definition) is 4. The Labute approximate surface area is 183 Å². The number of fused-ring (bicyclic) bond motifs is 2. The van der Waals surface area contributed by atoms with Crippen LogP contribution in [0.3, 0.4) is 0 Å². The van der Waals surface area contributed by atoms with E-state index in [2.05, 4.69) is 4.90 Å². The Morgan fingerprint density at radius 2 is 1.32 bits per heavy atom. The van der Waals surface area contributed by atoms with Crippen molar-refractivity contribution < 1.29 is 14.7 Å². The van der Waals surface area contributed by atoms with Crippen molar-refractivity contribution in [3.8, 4) is 0 Å². The second-order valence-electron chi connectivity index (χ2n) is 9.27. The van der Waals surface area contributed by atoms with E-state index in [1.54, 1.807) is 0 Å². The van der Waals surface area contributed by atoms with E-state index >= 15 is 0 Å². The number of likely N-dealkylation sites (tertiary alicyclic amines) is 1.